The normalized spacial score (nSPS) is 24.2. The molecule has 0 bridgehead atoms. The van der Waals surface area contributed by atoms with Crippen molar-refractivity contribution in [1.29, 1.82) is 11.0 Å². The number of aliphatic hydroxyl groups excluding tert-OH is 2. The monoisotopic (exact) mass is 780 g/mol. The molecule has 0 amide bonds. The first-order valence-electron chi connectivity index (χ1n) is 16.0. The van der Waals surface area contributed by atoms with Crippen LogP contribution in [0.15, 0.2) is 116 Å². The molecule has 52 heavy (non-hydrogen) atoms. The molecule has 18 heteroatoms. The van der Waals surface area contributed by atoms with E-state index in [-0.39, 0.29) is 44.8 Å². The molecule has 0 fully saturated rings. The first kappa shape index (κ1) is 34.7. The van der Waals surface area contributed by atoms with Crippen molar-refractivity contribution in [3.8, 4) is 11.1 Å². The van der Waals surface area contributed by atoms with Crippen LogP contribution < -0.4 is 11.5 Å². The molecular formula is C34H32N6O8S4. The molecule has 0 heterocycles. The lowest BCUT2D eigenvalue weighted by atomic mass is 9.76. The molecule has 10 N–H and O–H groups in total. The van der Waals surface area contributed by atoms with Crippen LogP contribution in [0.4, 0.5) is 0 Å². The van der Waals surface area contributed by atoms with E-state index in [0.717, 1.165) is 23.5 Å². The second-order valence-corrected chi connectivity index (χ2v) is 16.8. The number of aliphatic hydroxyl groups is 2. The van der Waals surface area contributed by atoms with Crippen LogP contribution in [-0.4, -0.2) is 60.9 Å². The number of benzene rings is 4. The van der Waals surface area contributed by atoms with Gasteiger partial charge in [-0.3, -0.25) is 9.11 Å². The van der Waals surface area contributed by atoms with Crippen LogP contribution in [0.25, 0.3) is 22.5 Å². The molecule has 6 rings (SSSR count). The molecule has 4 aromatic rings. The van der Waals surface area contributed by atoms with Crippen molar-refractivity contribution in [2.75, 3.05) is 12.5 Å². The summed E-state index contributed by atoms with van der Waals surface area (Å²) >= 11 is 2.23. The number of thioether (sulfide) groups is 2. The van der Waals surface area contributed by atoms with Crippen molar-refractivity contribution in [1.82, 2.24) is 0 Å². The van der Waals surface area contributed by atoms with Gasteiger partial charge >= 0.3 is 0 Å². The third-order valence-electron chi connectivity index (χ3n) is 9.64. The minimum absolute atomic E-state index is 0.0270. The van der Waals surface area contributed by atoms with E-state index in [2.05, 4.69) is 21.3 Å². The predicted molar refractivity (Wildman–Crippen MR) is 198 cm³/mol. The minimum Gasteiger partial charge on any atom is -0.397 e. The number of nitrogens with zero attached hydrogens (tertiary/aromatic N) is 2. The van der Waals surface area contributed by atoms with Gasteiger partial charge in [-0.25, -0.2) is 11.0 Å². The van der Waals surface area contributed by atoms with Gasteiger partial charge in [0.05, 0.1) is 11.4 Å². The van der Waals surface area contributed by atoms with Crippen molar-refractivity contribution < 1.29 is 39.0 Å². The predicted octanol–water partition coefficient (Wildman–Crippen LogP) is 5.13. The van der Waals surface area contributed by atoms with Crippen LogP contribution in [0.5, 0.6) is 0 Å². The molecule has 0 aromatic heterocycles. The Morgan fingerprint density at radius 3 is 1.35 bits per heavy atom. The van der Waals surface area contributed by atoms with Crippen molar-refractivity contribution in [3.63, 3.8) is 0 Å². The van der Waals surface area contributed by atoms with Crippen LogP contribution in [0, 0.1) is 11.0 Å². The van der Waals surface area contributed by atoms with E-state index in [9.17, 15) is 36.2 Å². The summed E-state index contributed by atoms with van der Waals surface area (Å²) in [4.78, 5) is 0.599. The second kappa shape index (κ2) is 13.2. The first-order valence-corrected chi connectivity index (χ1v) is 20.5. The van der Waals surface area contributed by atoms with Crippen LogP contribution in [0.3, 0.4) is 0 Å². The van der Waals surface area contributed by atoms with E-state index in [0.29, 0.717) is 20.9 Å². The maximum absolute atomic E-state index is 13.6. The summed E-state index contributed by atoms with van der Waals surface area (Å²) in [5, 5.41) is 30.7. The van der Waals surface area contributed by atoms with Gasteiger partial charge in [-0.1, -0.05) is 72.8 Å². The molecule has 4 atom stereocenters. The van der Waals surface area contributed by atoms with Crippen LogP contribution in [0.2, 0.25) is 2.82 Å². The fourth-order valence-electron chi connectivity index (χ4n) is 7.33. The summed E-state index contributed by atoms with van der Waals surface area (Å²) < 4.78 is 86.0. The number of hydrogen-bond donors (Lipinski definition) is 8. The van der Waals surface area contributed by atoms with Gasteiger partial charge in [-0.2, -0.15) is 27.1 Å². The molecular weight excluding hydrogens is 749 g/mol. The average molecular weight is 781 g/mol. The number of nitrogens with one attached hydrogen (secondary N) is 2. The zero-order chi connectivity index (χ0) is 39.4. The molecule has 0 aliphatic heterocycles. The molecule has 270 valence electrons. The lowest BCUT2D eigenvalue weighted by Crippen LogP contribution is -2.51. The van der Waals surface area contributed by atoms with Crippen molar-refractivity contribution in [3.05, 3.63) is 130 Å². The van der Waals surface area contributed by atoms with Gasteiger partial charge in [0.2, 0.25) is 2.82 Å². The fraction of sp³-hybridized carbons (Fsp3) is 0.176. The van der Waals surface area contributed by atoms with Gasteiger partial charge < -0.3 is 21.7 Å². The Labute approximate surface area is 310 Å². The van der Waals surface area contributed by atoms with E-state index in [4.69, 9.17) is 14.3 Å². The van der Waals surface area contributed by atoms with Gasteiger partial charge in [0, 0.05) is 20.9 Å². The Hall–Kier alpha value is -4.40. The Kier molecular flexibility index (Phi) is 8.82. The smallest absolute Gasteiger partial charge is 0.282 e. The van der Waals surface area contributed by atoms with E-state index in [1.165, 1.54) is 48.5 Å². The standard InChI is InChI=1S/C34H32N6O8S4/c1-49-25-15-17(11-13-23(25)33(51(43,44)45)21-9-5-3-7-19(21)27(35)29(39-37)31(33)41)18-12-14-24(26(16-18)50-2)34(52(46,47)48)22-10-6-4-8-20(22)28(36)30(40-38)32(34)42/h3-16,31-32,37-38,41-42H,35-36H2,1-2H3,(H,43,44,45)(H,46,47,48)/b39-37+,40-38+. The SMILES string of the molecule is [H]/N=N/C1=C(N)c2ccccc2C(c2ccc(-c3ccc(C4(S(=O)(=O)O)c5ccccc5C(N)=C(/N=N/[H])C4O)c(SC)c3)cc2SC)(S(=O)(=O)O)C1O. The molecule has 0 saturated heterocycles. The number of fused-ring (bicyclic) bond motifs is 2. The molecule has 0 radical (unpaired) electrons. The zero-order valence-electron chi connectivity index (χ0n) is 29.2. The zero-order valence-corrected chi connectivity index (χ0v) is 30.5. The Bertz CT molecular complexity index is 2380. The molecule has 0 saturated carbocycles. The number of rotatable bonds is 9. The second-order valence-electron chi connectivity index (χ2n) is 11.9. The Morgan fingerprint density at radius 2 is 1.02 bits per heavy atom. The molecule has 2 aliphatic rings. The molecule has 14 nitrogen and oxygen atoms in total. The summed E-state index contributed by atoms with van der Waals surface area (Å²) in [6.45, 7) is 0. The highest BCUT2D eigenvalue weighted by Gasteiger charge is 2.60. The largest absolute Gasteiger partial charge is 0.397 e. The molecule has 2 aliphatic carbocycles. The Balaban J connectivity index is 1.59. The third-order valence-corrected chi connectivity index (χ3v) is 14.1. The maximum atomic E-state index is 13.6. The quantitative estimate of drug-likeness (QED) is 0.0624. The van der Waals surface area contributed by atoms with Crippen LogP contribution in [0.1, 0.15) is 33.4 Å². The van der Waals surface area contributed by atoms with E-state index in [1.807, 2.05) is 0 Å². The maximum Gasteiger partial charge on any atom is 0.282 e. The van der Waals surface area contributed by atoms with E-state index < -0.39 is 53.3 Å². The van der Waals surface area contributed by atoms with Crippen molar-refractivity contribution >= 4 is 55.2 Å². The molecule has 4 aromatic carbocycles. The highest BCUT2D eigenvalue weighted by atomic mass is 32.2. The lowest BCUT2D eigenvalue weighted by Gasteiger charge is -2.41. The van der Waals surface area contributed by atoms with Crippen molar-refractivity contribution in [2.24, 2.45) is 21.7 Å². The van der Waals surface area contributed by atoms with Gasteiger partial charge in [0.15, 0.2) is 9.49 Å². The highest BCUT2D eigenvalue weighted by molar-refractivity contribution is 7.99. The summed E-state index contributed by atoms with van der Waals surface area (Å²) in [6.07, 6.45) is -0.871. The number of hydrogen-bond acceptors (Lipinski definition) is 14. The third kappa shape index (κ3) is 5.08. The van der Waals surface area contributed by atoms with Crippen LogP contribution >= 0.6 is 23.5 Å². The summed E-state index contributed by atoms with van der Waals surface area (Å²) in [5.41, 5.74) is 18.6. The highest BCUT2D eigenvalue weighted by Crippen LogP contribution is 2.54. The summed E-state index contributed by atoms with van der Waals surface area (Å²) in [5.74, 6) is 0. The molecule has 4 unspecified atom stereocenters. The summed E-state index contributed by atoms with van der Waals surface area (Å²) in [6, 6.07) is 21.2. The fourth-order valence-corrected chi connectivity index (χ4v) is 11.5. The topological polar surface area (TPSA) is 274 Å². The average Bonchev–Trinajstić information content (AvgIpc) is 3.14. The minimum atomic E-state index is -5.24. The molecule has 0 spiro atoms. The summed E-state index contributed by atoms with van der Waals surface area (Å²) in [7, 11) is -10.5. The van der Waals surface area contributed by atoms with Gasteiger partial charge in [0.25, 0.3) is 20.2 Å². The van der Waals surface area contributed by atoms with Crippen molar-refractivity contribution in [2.45, 2.75) is 31.5 Å². The lowest BCUT2D eigenvalue weighted by molar-refractivity contribution is 0.161. The first-order chi connectivity index (χ1) is 25.6. The van der Waals surface area contributed by atoms with Gasteiger partial charge in [0.1, 0.15) is 23.6 Å². The Morgan fingerprint density at radius 1 is 0.654 bits per heavy atom. The van der Waals surface area contributed by atoms with E-state index in [1.54, 1.807) is 48.9 Å². The van der Waals surface area contributed by atoms with Crippen LogP contribution in [-0.2, 0) is 29.7 Å². The van der Waals surface area contributed by atoms with E-state index >= 15 is 0 Å². The van der Waals surface area contributed by atoms with Gasteiger partial charge in [-0.15, -0.1) is 23.5 Å². The number of nitrogens with two attached hydrogens (primary N) is 2. The van der Waals surface area contributed by atoms with Gasteiger partial charge in [-0.05, 0) is 58.0 Å².